The van der Waals surface area contributed by atoms with Gasteiger partial charge < -0.3 is 14.9 Å². The van der Waals surface area contributed by atoms with Crippen molar-refractivity contribution in [1.29, 1.82) is 0 Å². The largest absolute Gasteiger partial charge is 0.481 e. The Balaban J connectivity index is 1.89. The molecule has 0 bridgehead atoms. The van der Waals surface area contributed by atoms with E-state index in [1.54, 1.807) is 6.92 Å². The molecule has 0 spiro atoms. The predicted octanol–water partition coefficient (Wildman–Crippen LogP) is 1.79. The number of carbonyl (C=O) groups excluding carboxylic acids is 1. The maximum Gasteiger partial charge on any atom is 0.406 e. The standard InChI is InChI=1S/C12H17F3N2O3/c1-7(10(18)19)8-4-16(5-8)11(20)17(9-2-3-9)6-12(13,14)15/h7-9H,2-6H2,1H3,(H,18,19). The second-order valence-corrected chi connectivity index (χ2v) is 5.55. The molecule has 8 heteroatoms. The molecule has 2 amide bonds. The number of hydrogen-bond donors (Lipinski definition) is 1. The number of carboxylic acids is 1. The van der Waals surface area contributed by atoms with Crippen LogP contribution in [0.15, 0.2) is 0 Å². The van der Waals surface area contributed by atoms with Crippen LogP contribution in [0.2, 0.25) is 0 Å². The minimum absolute atomic E-state index is 0.177. The number of halogens is 3. The van der Waals surface area contributed by atoms with Gasteiger partial charge in [-0.1, -0.05) is 6.92 Å². The normalized spacial score (nSPS) is 21.3. The zero-order valence-corrected chi connectivity index (χ0v) is 11.1. The smallest absolute Gasteiger partial charge is 0.406 e. The highest BCUT2D eigenvalue weighted by molar-refractivity contribution is 5.77. The molecule has 20 heavy (non-hydrogen) atoms. The summed E-state index contributed by atoms with van der Waals surface area (Å²) >= 11 is 0. The number of carboxylic acid groups (broad SMARTS) is 1. The number of hydrogen-bond acceptors (Lipinski definition) is 2. The van der Waals surface area contributed by atoms with Gasteiger partial charge in [-0.15, -0.1) is 0 Å². The van der Waals surface area contributed by atoms with Crippen LogP contribution in [-0.2, 0) is 4.79 Å². The molecule has 2 rings (SSSR count). The average molecular weight is 294 g/mol. The van der Waals surface area contributed by atoms with Gasteiger partial charge in [0.25, 0.3) is 0 Å². The van der Waals surface area contributed by atoms with Gasteiger partial charge in [0.15, 0.2) is 0 Å². The molecule has 1 heterocycles. The Morgan fingerprint density at radius 1 is 1.35 bits per heavy atom. The first-order valence-corrected chi connectivity index (χ1v) is 6.54. The van der Waals surface area contributed by atoms with Gasteiger partial charge in [-0.25, -0.2) is 4.79 Å². The Kier molecular flexibility index (Phi) is 3.84. The first-order chi connectivity index (χ1) is 9.19. The highest BCUT2D eigenvalue weighted by Crippen LogP contribution is 2.33. The first kappa shape index (κ1) is 14.9. The quantitative estimate of drug-likeness (QED) is 0.860. The molecule has 0 aromatic carbocycles. The number of alkyl halides is 3. The lowest BCUT2D eigenvalue weighted by Gasteiger charge is -2.43. The fraction of sp³-hybridized carbons (Fsp3) is 0.833. The van der Waals surface area contributed by atoms with Gasteiger partial charge in [0, 0.05) is 25.0 Å². The number of amides is 2. The van der Waals surface area contributed by atoms with E-state index < -0.39 is 30.6 Å². The molecule has 5 nitrogen and oxygen atoms in total. The molecule has 2 fully saturated rings. The summed E-state index contributed by atoms with van der Waals surface area (Å²) in [6.07, 6.45) is -3.20. The summed E-state index contributed by atoms with van der Waals surface area (Å²) in [5.74, 6) is -1.71. The van der Waals surface area contributed by atoms with Gasteiger partial charge in [0.2, 0.25) is 0 Å². The van der Waals surface area contributed by atoms with Crippen molar-refractivity contribution in [2.24, 2.45) is 11.8 Å². The van der Waals surface area contributed by atoms with Crippen LogP contribution in [0.3, 0.4) is 0 Å². The van der Waals surface area contributed by atoms with Crippen molar-refractivity contribution < 1.29 is 27.9 Å². The van der Waals surface area contributed by atoms with E-state index in [0.29, 0.717) is 12.8 Å². The van der Waals surface area contributed by atoms with Crippen molar-refractivity contribution in [3.63, 3.8) is 0 Å². The molecule has 0 radical (unpaired) electrons. The SMILES string of the molecule is CC(C(=O)O)C1CN(C(=O)N(CC(F)(F)F)C2CC2)C1. The van der Waals surface area contributed by atoms with Gasteiger partial charge in [-0.3, -0.25) is 4.79 Å². The van der Waals surface area contributed by atoms with Gasteiger partial charge in [-0.05, 0) is 12.8 Å². The van der Waals surface area contributed by atoms with Crippen LogP contribution < -0.4 is 0 Å². The third kappa shape index (κ3) is 3.34. The summed E-state index contributed by atoms with van der Waals surface area (Å²) in [6, 6.07) is -0.946. The number of nitrogens with zero attached hydrogens (tertiary/aromatic N) is 2. The van der Waals surface area contributed by atoms with E-state index in [0.717, 1.165) is 4.90 Å². The third-order valence-corrected chi connectivity index (χ3v) is 3.86. The molecule has 0 aromatic heterocycles. The fourth-order valence-electron chi connectivity index (χ4n) is 2.30. The van der Waals surface area contributed by atoms with E-state index in [1.165, 1.54) is 4.90 Å². The number of likely N-dealkylation sites (tertiary alicyclic amines) is 1. The molecular formula is C12H17F3N2O3. The molecule has 1 saturated heterocycles. The monoisotopic (exact) mass is 294 g/mol. The lowest BCUT2D eigenvalue weighted by Crippen LogP contribution is -2.58. The molecule has 1 aliphatic heterocycles. The zero-order valence-electron chi connectivity index (χ0n) is 11.1. The number of urea groups is 1. The van der Waals surface area contributed by atoms with E-state index in [9.17, 15) is 22.8 Å². The maximum atomic E-state index is 12.5. The molecule has 114 valence electrons. The van der Waals surface area contributed by atoms with E-state index in [-0.39, 0.29) is 25.0 Å². The van der Waals surface area contributed by atoms with Gasteiger partial charge in [0.1, 0.15) is 6.54 Å². The van der Waals surface area contributed by atoms with Gasteiger partial charge >= 0.3 is 18.2 Å². The summed E-state index contributed by atoms with van der Waals surface area (Å²) in [5.41, 5.74) is 0. The Morgan fingerprint density at radius 2 is 1.90 bits per heavy atom. The summed E-state index contributed by atoms with van der Waals surface area (Å²) < 4.78 is 37.4. The molecule has 1 unspecified atom stereocenters. The van der Waals surface area contributed by atoms with Crippen molar-refractivity contribution in [1.82, 2.24) is 9.80 Å². The molecule has 2 aliphatic rings. The highest BCUT2D eigenvalue weighted by Gasteiger charge is 2.45. The Hall–Kier alpha value is -1.47. The minimum atomic E-state index is -4.41. The molecule has 1 saturated carbocycles. The first-order valence-electron chi connectivity index (χ1n) is 6.54. The highest BCUT2D eigenvalue weighted by atomic mass is 19.4. The molecule has 0 aromatic rings. The third-order valence-electron chi connectivity index (χ3n) is 3.86. The summed E-state index contributed by atoms with van der Waals surface area (Å²) in [6.45, 7) is 0.746. The summed E-state index contributed by atoms with van der Waals surface area (Å²) in [4.78, 5) is 25.0. The van der Waals surface area contributed by atoms with Crippen LogP contribution in [0.25, 0.3) is 0 Å². The topological polar surface area (TPSA) is 60.9 Å². The van der Waals surface area contributed by atoms with Crippen LogP contribution in [0.5, 0.6) is 0 Å². The van der Waals surface area contributed by atoms with E-state index in [4.69, 9.17) is 5.11 Å². The Labute approximate surface area is 114 Å². The van der Waals surface area contributed by atoms with Gasteiger partial charge in [0.05, 0.1) is 5.92 Å². The van der Waals surface area contributed by atoms with E-state index >= 15 is 0 Å². The van der Waals surface area contributed by atoms with Crippen molar-refractivity contribution in [2.75, 3.05) is 19.6 Å². The average Bonchev–Trinajstić information content (AvgIpc) is 3.05. The van der Waals surface area contributed by atoms with Crippen LogP contribution in [-0.4, -0.2) is 58.8 Å². The zero-order chi connectivity index (χ0) is 15.1. The molecular weight excluding hydrogens is 277 g/mol. The summed E-state index contributed by atoms with van der Waals surface area (Å²) in [7, 11) is 0. The lowest BCUT2D eigenvalue weighted by atomic mass is 9.87. The molecule has 1 atom stereocenters. The minimum Gasteiger partial charge on any atom is -0.481 e. The number of carbonyl (C=O) groups is 2. The van der Waals surface area contributed by atoms with Crippen molar-refractivity contribution >= 4 is 12.0 Å². The molecule has 1 aliphatic carbocycles. The summed E-state index contributed by atoms with van der Waals surface area (Å²) in [5, 5.41) is 8.84. The van der Waals surface area contributed by atoms with Crippen LogP contribution in [0.1, 0.15) is 19.8 Å². The lowest BCUT2D eigenvalue weighted by molar-refractivity contribution is -0.146. The van der Waals surface area contributed by atoms with Crippen molar-refractivity contribution in [3.8, 4) is 0 Å². The fourth-order valence-corrected chi connectivity index (χ4v) is 2.30. The predicted molar refractivity (Wildman–Crippen MR) is 63.0 cm³/mol. The van der Waals surface area contributed by atoms with E-state index in [1.807, 2.05) is 0 Å². The number of aliphatic carboxylic acids is 1. The second-order valence-electron chi connectivity index (χ2n) is 5.55. The van der Waals surface area contributed by atoms with Crippen LogP contribution in [0.4, 0.5) is 18.0 Å². The maximum absolute atomic E-state index is 12.5. The van der Waals surface area contributed by atoms with Crippen LogP contribution >= 0.6 is 0 Å². The van der Waals surface area contributed by atoms with E-state index in [2.05, 4.69) is 0 Å². The molecule has 1 N–H and O–H groups in total. The van der Waals surface area contributed by atoms with Crippen molar-refractivity contribution in [3.05, 3.63) is 0 Å². The Bertz CT molecular complexity index is 403. The van der Waals surface area contributed by atoms with Crippen molar-refractivity contribution in [2.45, 2.75) is 32.0 Å². The Morgan fingerprint density at radius 3 is 2.30 bits per heavy atom. The second kappa shape index (κ2) is 5.14. The number of rotatable bonds is 4. The van der Waals surface area contributed by atoms with Gasteiger partial charge in [-0.2, -0.15) is 13.2 Å². The van der Waals surface area contributed by atoms with Crippen LogP contribution in [0, 0.1) is 11.8 Å².